The Balaban J connectivity index is 2.11. The minimum Gasteiger partial charge on any atom is -0.317 e. The molecule has 35 heavy (non-hydrogen) atoms. The number of hydrogen-bond donors (Lipinski definition) is 1. The van der Waals surface area contributed by atoms with E-state index < -0.39 is 0 Å². The Labute approximate surface area is 210 Å². The van der Waals surface area contributed by atoms with Crippen LogP contribution in [-0.2, 0) is 6.42 Å². The standard InChI is InChI=1S/C30H39FN4/c1-6-8-15-27-29(23-19-17-22(3)18-20-23)30(33-5)35(34-27)28(24-12-11-13-25(31)21-24)16-10-9-14-26(7-2)32-4/h11-13,16-21,26,32H,5-10,14-15H2,1-4H3/b28-16-/t26-/m1/s1. The largest absolute Gasteiger partial charge is 0.317 e. The maximum Gasteiger partial charge on any atom is 0.163 e. The van der Waals surface area contributed by atoms with Gasteiger partial charge in [-0.3, -0.25) is 0 Å². The summed E-state index contributed by atoms with van der Waals surface area (Å²) >= 11 is 0. The molecular formula is C30H39FN4. The van der Waals surface area contributed by atoms with E-state index in [-0.39, 0.29) is 5.82 Å². The van der Waals surface area contributed by atoms with E-state index in [9.17, 15) is 4.39 Å². The smallest absolute Gasteiger partial charge is 0.163 e. The van der Waals surface area contributed by atoms with Gasteiger partial charge in [-0.25, -0.2) is 14.1 Å². The van der Waals surface area contributed by atoms with Gasteiger partial charge in [0.05, 0.1) is 11.4 Å². The van der Waals surface area contributed by atoms with Crippen molar-refractivity contribution in [3.8, 4) is 11.1 Å². The summed E-state index contributed by atoms with van der Waals surface area (Å²) in [6.45, 7) is 10.4. The van der Waals surface area contributed by atoms with E-state index in [4.69, 9.17) is 5.10 Å². The molecular weight excluding hydrogens is 435 g/mol. The molecule has 1 heterocycles. The molecule has 0 saturated carbocycles. The molecule has 0 unspecified atom stereocenters. The van der Waals surface area contributed by atoms with Crippen molar-refractivity contribution >= 4 is 18.2 Å². The summed E-state index contributed by atoms with van der Waals surface area (Å²) in [6.07, 6.45) is 9.21. The van der Waals surface area contributed by atoms with Gasteiger partial charge in [0.2, 0.25) is 0 Å². The van der Waals surface area contributed by atoms with E-state index in [1.165, 1.54) is 11.6 Å². The highest BCUT2D eigenvalue weighted by Gasteiger charge is 2.21. The number of halogens is 1. The van der Waals surface area contributed by atoms with Crippen LogP contribution in [0.2, 0.25) is 0 Å². The summed E-state index contributed by atoms with van der Waals surface area (Å²) in [5.41, 5.74) is 5.93. The van der Waals surface area contributed by atoms with Gasteiger partial charge >= 0.3 is 0 Å². The minimum absolute atomic E-state index is 0.264. The Morgan fingerprint density at radius 1 is 1.17 bits per heavy atom. The fraction of sp³-hybridized carbons (Fsp3) is 0.400. The SMILES string of the molecule is C=Nc1c(-c2ccc(C)cc2)c(CCCC)nn1/C(=C\CCC[C@@H](CC)NC)c1cccc(F)c1. The lowest BCUT2D eigenvalue weighted by Gasteiger charge is -2.14. The first-order valence-corrected chi connectivity index (χ1v) is 12.8. The fourth-order valence-corrected chi connectivity index (χ4v) is 4.43. The van der Waals surface area contributed by atoms with Gasteiger partial charge < -0.3 is 5.32 Å². The monoisotopic (exact) mass is 474 g/mol. The van der Waals surface area contributed by atoms with Crippen molar-refractivity contribution in [1.82, 2.24) is 15.1 Å². The lowest BCUT2D eigenvalue weighted by molar-refractivity contribution is 0.494. The molecule has 2 aromatic carbocycles. The maximum atomic E-state index is 14.3. The summed E-state index contributed by atoms with van der Waals surface area (Å²) in [6, 6.07) is 15.7. The molecule has 186 valence electrons. The molecule has 0 spiro atoms. The normalized spacial score (nSPS) is 12.7. The summed E-state index contributed by atoms with van der Waals surface area (Å²) in [5.74, 6) is 0.442. The summed E-state index contributed by atoms with van der Waals surface area (Å²) in [7, 11) is 2.01. The molecule has 0 amide bonds. The van der Waals surface area contributed by atoms with Crippen LogP contribution in [-0.4, -0.2) is 29.6 Å². The molecule has 0 aliphatic rings. The highest BCUT2D eigenvalue weighted by molar-refractivity contribution is 5.81. The maximum absolute atomic E-state index is 14.3. The van der Waals surface area contributed by atoms with Crippen molar-refractivity contribution in [3.63, 3.8) is 0 Å². The summed E-state index contributed by atoms with van der Waals surface area (Å²) in [5, 5.41) is 8.42. The fourth-order valence-electron chi connectivity index (χ4n) is 4.43. The van der Waals surface area contributed by atoms with Gasteiger partial charge in [-0.05, 0) is 76.9 Å². The van der Waals surface area contributed by atoms with Gasteiger partial charge in [0, 0.05) is 17.2 Å². The van der Waals surface area contributed by atoms with E-state index in [1.807, 2.05) is 17.8 Å². The van der Waals surface area contributed by atoms with Crippen LogP contribution in [0.25, 0.3) is 16.8 Å². The lowest BCUT2D eigenvalue weighted by atomic mass is 10.0. The van der Waals surface area contributed by atoms with E-state index in [1.54, 1.807) is 12.1 Å². The number of aromatic nitrogens is 2. The third-order valence-corrected chi connectivity index (χ3v) is 6.53. The molecule has 0 aliphatic carbocycles. The van der Waals surface area contributed by atoms with Gasteiger partial charge in [-0.2, -0.15) is 5.10 Å². The topological polar surface area (TPSA) is 42.2 Å². The van der Waals surface area contributed by atoms with Crippen LogP contribution in [0.1, 0.15) is 69.2 Å². The Hall–Kier alpha value is -3.05. The Kier molecular flexibility index (Phi) is 9.98. The molecule has 3 rings (SSSR count). The zero-order valence-electron chi connectivity index (χ0n) is 21.6. The molecule has 5 heteroatoms. The molecule has 0 radical (unpaired) electrons. The second-order valence-electron chi connectivity index (χ2n) is 9.11. The van der Waals surface area contributed by atoms with Gasteiger partial charge in [-0.1, -0.05) is 68.3 Å². The first-order chi connectivity index (χ1) is 17.0. The number of aryl methyl sites for hydroxylation is 2. The summed E-state index contributed by atoms with van der Waals surface area (Å²) < 4.78 is 16.1. The Bertz CT molecular complexity index is 1120. The van der Waals surface area contributed by atoms with Crippen LogP contribution in [0.4, 0.5) is 10.2 Å². The number of hydrogen-bond acceptors (Lipinski definition) is 3. The quantitative estimate of drug-likeness (QED) is 0.203. The molecule has 0 aliphatic heterocycles. The van der Waals surface area contributed by atoms with Gasteiger partial charge in [0.25, 0.3) is 0 Å². The number of unbranched alkanes of at least 4 members (excludes halogenated alkanes) is 2. The van der Waals surface area contributed by atoms with Gasteiger partial charge in [0.1, 0.15) is 5.82 Å². The Morgan fingerprint density at radius 3 is 2.57 bits per heavy atom. The zero-order chi connectivity index (χ0) is 25.2. The third kappa shape index (κ3) is 6.76. The average Bonchev–Trinajstić information content (AvgIpc) is 3.23. The van der Waals surface area contributed by atoms with E-state index in [0.717, 1.165) is 73.0 Å². The first-order valence-electron chi connectivity index (χ1n) is 12.8. The summed E-state index contributed by atoms with van der Waals surface area (Å²) in [4.78, 5) is 4.46. The number of allylic oxidation sites excluding steroid dienone is 1. The van der Waals surface area contributed by atoms with Crippen molar-refractivity contribution in [1.29, 1.82) is 0 Å². The van der Waals surface area contributed by atoms with Crippen LogP contribution < -0.4 is 5.32 Å². The number of nitrogens with zero attached hydrogens (tertiary/aromatic N) is 3. The molecule has 1 N–H and O–H groups in total. The number of nitrogens with one attached hydrogen (secondary N) is 1. The molecule has 0 bridgehead atoms. The van der Waals surface area contributed by atoms with E-state index >= 15 is 0 Å². The molecule has 0 saturated heterocycles. The number of benzene rings is 2. The van der Waals surface area contributed by atoms with Gasteiger partial charge in [-0.15, -0.1) is 0 Å². The highest BCUT2D eigenvalue weighted by atomic mass is 19.1. The first kappa shape index (κ1) is 26.6. The van der Waals surface area contributed by atoms with Crippen molar-refractivity contribution in [2.75, 3.05) is 7.05 Å². The van der Waals surface area contributed by atoms with Crippen molar-refractivity contribution in [3.05, 3.63) is 77.2 Å². The van der Waals surface area contributed by atoms with Crippen LogP contribution >= 0.6 is 0 Å². The highest BCUT2D eigenvalue weighted by Crippen LogP contribution is 2.38. The third-order valence-electron chi connectivity index (χ3n) is 6.53. The van der Waals surface area contributed by atoms with Crippen LogP contribution in [0.5, 0.6) is 0 Å². The minimum atomic E-state index is -0.264. The molecule has 4 nitrogen and oxygen atoms in total. The van der Waals surface area contributed by atoms with E-state index in [2.05, 4.69) is 68.1 Å². The number of rotatable bonds is 13. The predicted octanol–water partition coefficient (Wildman–Crippen LogP) is 7.73. The molecule has 1 aromatic heterocycles. The van der Waals surface area contributed by atoms with Crippen molar-refractivity contribution < 1.29 is 4.39 Å². The molecule has 1 atom stereocenters. The predicted molar refractivity (Wildman–Crippen MR) is 147 cm³/mol. The van der Waals surface area contributed by atoms with Gasteiger partial charge in [0.15, 0.2) is 5.82 Å². The second kappa shape index (κ2) is 13.1. The van der Waals surface area contributed by atoms with E-state index in [0.29, 0.717) is 11.9 Å². The zero-order valence-corrected chi connectivity index (χ0v) is 21.6. The second-order valence-corrected chi connectivity index (χ2v) is 9.11. The molecule has 0 fully saturated rings. The van der Waals surface area contributed by atoms with Crippen LogP contribution in [0.15, 0.2) is 59.6 Å². The van der Waals surface area contributed by atoms with Crippen molar-refractivity contribution in [2.45, 2.75) is 71.8 Å². The lowest BCUT2D eigenvalue weighted by Crippen LogP contribution is -2.23. The average molecular weight is 475 g/mol. The molecule has 3 aromatic rings. The van der Waals surface area contributed by atoms with Crippen LogP contribution in [0.3, 0.4) is 0 Å². The van der Waals surface area contributed by atoms with Crippen molar-refractivity contribution in [2.24, 2.45) is 4.99 Å². The Morgan fingerprint density at radius 2 is 1.94 bits per heavy atom. The number of aliphatic imine (C=N–C) groups is 1. The van der Waals surface area contributed by atoms with Crippen LogP contribution in [0, 0.1) is 12.7 Å².